The molecule has 0 amide bonds. The molecule has 0 bridgehead atoms. The average molecular weight is 250 g/mol. The first kappa shape index (κ1) is 12.8. The fraction of sp³-hybridized carbons (Fsp3) is 0.667. The maximum Gasteiger partial charge on any atom is 0.175 e. The second kappa shape index (κ2) is 4.93. The Hall–Kier alpha value is -0.630. The molecule has 1 nitrogen and oxygen atoms in total. The van der Waals surface area contributed by atoms with E-state index in [1.54, 1.807) is 11.3 Å². The molecule has 1 aromatic rings. The van der Waals surface area contributed by atoms with Crippen LogP contribution < -0.4 is 0 Å². The summed E-state index contributed by atoms with van der Waals surface area (Å²) >= 11 is 1.67. The standard InChI is InChI=1S/C15H22OS/c1-9-5-10(2)7-13(6-9)15(16)14-8-11(3)12(4)17-14/h8-10,13H,5-7H2,1-4H3. The van der Waals surface area contributed by atoms with Gasteiger partial charge in [0.15, 0.2) is 5.78 Å². The van der Waals surface area contributed by atoms with Crippen LogP contribution in [0.5, 0.6) is 0 Å². The van der Waals surface area contributed by atoms with E-state index in [2.05, 4.69) is 33.8 Å². The van der Waals surface area contributed by atoms with Crippen LogP contribution in [0.2, 0.25) is 0 Å². The molecule has 2 unspecified atom stereocenters. The smallest absolute Gasteiger partial charge is 0.175 e. The Morgan fingerprint density at radius 2 is 1.76 bits per heavy atom. The number of aryl methyl sites for hydroxylation is 2. The van der Waals surface area contributed by atoms with E-state index in [0.29, 0.717) is 17.6 Å². The van der Waals surface area contributed by atoms with Gasteiger partial charge in [-0.15, -0.1) is 11.3 Å². The zero-order chi connectivity index (χ0) is 12.6. The Balaban J connectivity index is 2.14. The molecule has 1 fully saturated rings. The third-order valence-corrected chi connectivity index (χ3v) is 5.13. The fourth-order valence-electron chi connectivity index (χ4n) is 3.06. The zero-order valence-electron chi connectivity index (χ0n) is 11.2. The minimum atomic E-state index is 0.270. The van der Waals surface area contributed by atoms with Gasteiger partial charge in [0.1, 0.15) is 0 Å². The lowest BCUT2D eigenvalue weighted by molar-refractivity contribution is 0.0840. The van der Waals surface area contributed by atoms with Gasteiger partial charge in [-0.05, 0) is 56.6 Å². The van der Waals surface area contributed by atoms with Crippen LogP contribution in [0.25, 0.3) is 0 Å². The lowest BCUT2D eigenvalue weighted by Gasteiger charge is -2.30. The molecule has 0 saturated heterocycles. The zero-order valence-corrected chi connectivity index (χ0v) is 12.1. The van der Waals surface area contributed by atoms with E-state index in [-0.39, 0.29) is 5.92 Å². The van der Waals surface area contributed by atoms with Gasteiger partial charge in [-0.2, -0.15) is 0 Å². The second-order valence-corrected chi connectivity index (χ2v) is 7.08. The van der Waals surface area contributed by atoms with Gasteiger partial charge in [0.25, 0.3) is 0 Å². The van der Waals surface area contributed by atoms with Gasteiger partial charge in [-0.3, -0.25) is 4.79 Å². The Bertz CT molecular complexity index is 389. The summed E-state index contributed by atoms with van der Waals surface area (Å²) in [4.78, 5) is 14.7. The molecular weight excluding hydrogens is 228 g/mol. The van der Waals surface area contributed by atoms with Crippen molar-refractivity contribution in [3.8, 4) is 0 Å². The van der Waals surface area contributed by atoms with E-state index in [1.807, 2.05) is 0 Å². The van der Waals surface area contributed by atoms with Crippen LogP contribution in [0.1, 0.15) is 53.2 Å². The predicted octanol–water partition coefficient (Wildman–Crippen LogP) is 4.62. The van der Waals surface area contributed by atoms with Crippen LogP contribution in [0.15, 0.2) is 6.07 Å². The maximum absolute atomic E-state index is 12.5. The molecular formula is C15H22OS. The molecule has 1 heterocycles. The third-order valence-electron chi connectivity index (χ3n) is 3.96. The highest BCUT2D eigenvalue weighted by molar-refractivity contribution is 7.14. The monoisotopic (exact) mass is 250 g/mol. The first-order valence-corrected chi connectivity index (χ1v) is 7.40. The number of ketones is 1. The molecule has 1 aliphatic carbocycles. The largest absolute Gasteiger partial charge is 0.293 e. The topological polar surface area (TPSA) is 17.1 Å². The minimum absolute atomic E-state index is 0.270. The minimum Gasteiger partial charge on any atom is -0.293 e. The van der Waals surface area contributed by atoms with E-state index < -0.39 is 0 Å². The number of hydrogen-bond acceptors (Lipinski definition) is 2. The molecule has 0 N–H and O–H groups in total. The molecule has 94 valence electrons. The molecule has 2 heteroatoms. The maximum atomic E-state index is 12.5. The first-order valence-electron chi connectivity index (χ1n) is 6.58. The number of carbonyl (C=O) groups excluding carboxylic acids is 1. The van der Waals surface area contributed by atoms with Crippen molar-refractivity contribution in [2.45, 2.75) is 47.0 Å². The van der Waals surface area contributed by atoms with Crippen LogP contribution in [-0.2, 0) is 0 Å². The summed E-state index contributed by atoms with van der Waals surface area (Å²) in [6, 6.07) is 2.08. The Kier molecular flexibility index (Phi) is 3.72. The van der Waals surface area contributed by atoms with Crippen molar-refractivity contribution in [2.75, 3.05) is 0 Å². The van der Waals surface area contributed by atoms with Crippen molar-refractivity contribution in [2.24, 2.45) is 17.8 Å². The van der Waals surface area contributed by atoms with E-state index in [0.717, 1.165) is 17.7 Å². The summed E-state index contributed by atoms with van der Waals surface area (Å²) in [7, 11) is 0. The molecule has 17 heavy (non-hydrogen) atoms. The summed E-state index contributed by atoms with van der Waals surface area (Å²) in [5, 5.41) is 0. The summed E-state index contributed by atoms with van der Waals surface area (Å²) in [5.74, 6) is 2.07. The summed E-state index contributed by atoms with van der Waals surface area (Å²) in [5.41, 5.74) is 1.26. The van der Waals surface area contributed by atoms with Crippen LogP contribution >= 0.6 is 11.3 Å². The lowest BCUT2D eigenvalue weighted by atomic mass is 9.75. The number of rotatable bonds is 2. The van der Waals surface area contributed by atoms with E-state index in [1.165, 1.54) is 16.9 Å². The first-order chi connectivity index (χ1) is 7.97. The van der Waals surface area contributed by atoms with Crippen molar-refractivity contribution < 1.29 is 4.79 Å². The van der Waals surface area contributed by atoms with Crippen molar-refractivity contribution in [3.63, 3.8) is 0 Å². The van der Waals surface area contributed by atoms with Gasteiger partial charge in [0.2, 0.25) is 0 Å². The highest BCUT2D eigenvalue weighted by Crippen LogP contribution is 2.36. The van der Waals surface area contributed by atoms with Gasteiger partial charge in [-0.25, -0.2) is 0 Å². The van der Waals surface area contributed by atoms with Gasteiger partial charge in [-0.1, -0.05) is 13.8 Å². The van der Waals surface area contributed by atoms with Gasteiger partial charge in [0, 0.05) is 10.8 Å². The van der Waals surface area contributed by atoms with Crippen molar-refractivity contribution in [1.29, 1.82) is 0 Å². The predicted molar refractivity (Wildman–Crippen MR) is 73.8 cm³/mol. The second-order valence-electron chi connectivity index (χ2n) is 5.83. The average Bonchev–Trinajstić information content (AvgIpc) is 2.57. The molecule has 0 radical (unpaired) electrons. The lowest BCUT2D eigenvalue weighted by Crippen LogP contribution is -2.25. The highest BCUT2D eigenvalue weighted by Gasteiger charge is 2.30. The number of thiophene rings is 1. The molecule has 0 spiro atoms. The van der Waals surface area contributed by atoms with E-state index >= 15 is 0 Å². The van der Waals surface area contributed by atoms with Crippen molar-refractivity contribution in [3.05, 3.63) is 21.4 Å². The normalized spacial score (nSPS) is 29.3. The van der Waals surface area contributed by atoms with Gasteiger partial charge < -0.3 is 0 Å². The summed E-state index contributed by atoms with van der Waals surface area (Å²) in [6.07, 6.45) is 3.45. The van der Waals surface area contributed by atoms with Crippen LogP contribution in [-0.4, -0.2) is 5.78 Å². The highest BCUT2D eigenvalue weighted by atomic mass is 32.1. The number of hydrogen-bond donors (Lipinski definition) is 0. The fourth-order valence-corrected chi connectivity index (χ4v) is 4.11. The Morgan fingerprint density at radius 1 is 1.18 bits per heavy atom. The van der Waals surface area contributed by atoms with Gasteiger partial charge in [0.05, 0.1) is 4.88 Å². The third kappa shape index (κ3) is 2.79. The molecule has 2 atom stereocenters. The summed E-state index contributed by atoms with van der Waals surface area (Å²) < 4.78 is 0. The number of carbonyl (C=O) groups is 1. The van der Waals surface area contributed by atoms with E-state index in [4.69, 9.17) is 0 Å². The molecule has 1 saturated carbocycles. The van der Waals surface area contributed by atoms with Crippen molar-refractivity contribution in [1.82, 2.24) is 0 Å². The Morgan fingerprint density at radius 3 is 2.24 bits per heavy atom. The van der Waals surface area contributed by atoms with E-state index in [9.17, 15) is 4.79 Å². The SMILES string of the molecule is Cc1cc(C(=O)C2CC(C)CC(C)C2)sc1C. The van der Waals surface area contributed by atoms with Crippen molar-refractivity contribution >= 4 is 17.1 Å². The van der Waals surface area contributed by atoms with Crippen LogP contribution in [0, 0.1) is 31.6 Å². The molecule has 2 rings (SSSR count). The molecule has 0 aliphatic heterocycles. The summed E-state index contributed by atoms with van der Waals surface area (Å²) in [6.45, 7) is 8.75. The van der Waals surface area contributed by atoms with Gasteiger partial charge >= 0.3 is 0 Å². The number of Topliss-reactive ketones (excluding diaryl/α,β-unsaturated/α-hetero) is 1. The molecule has 0 aromatic carbocycles. The Labute approximate surface area is 108 Å². The quantitative estimate of drug-likeness (QED) is 0.700. The van der Waals surface area contributed by atoms with Crippen LogP contribution in [0.3, 0.4) is 0 Å². The molecule has 1 aliphatic rings. The molecule has 1 aromatic heterocycles. The van der Waals surface area contributed by atoms with Crippen LogP contribution in [0.4, 0.5) is 0 Å².